The maximum atomic E-state index is 13.2. The smallest absolute Gasteiger partial charge is 0.210 e. The summed E-state index contributed by atoms with van der Waals surface area (Å²) in [6.45, 7) is 0.517. The summed E-state index contributed by atoms with van der Waals surface area (Å²) < 4.78 is 19.6. The molecule has 3 rings (SSSR count). The van der Waals surface area contributed by atoms with Gasteiger partial charge in [-0.3, -0.25) is 0 Å². The van der Waals surface area contributed by atoms with E-state index in [0.717, 1.165) is 10.1 Å². The van der Waals surface area contributed by atoms with Gasteiger partial charge in [0.25, 0.3) is 0 Å². The van der Waals surface area contributed by atoms with Crippen molar-refractivity contribution in [1.29, 1.82) is 5.26 Å². The zero-order valence-corrected chi connectivity index (χ0v) is 14.6. The molecular weight excluding hydrogens is 359 g/mol. The molecule has 0 unspecified atom stereocenters. The third-order valence-electron chi connectivity index (χ3n) is 3.04. The Labute approximate surface area is 152 Å². The van der Waals surface area contributed by atoms with Gasteiger partial charge >= 0.3 is 0 Å². The van der Waals surface area contributed by atoms with Gasteiger partial charge in [-0.05, 0) is 42.5 Å². The standard InChI is InChI=1S/C17H13FN4OS2/c18-13-2-1-3-14(10-13)20-16-21-22-17(25-16)24-9-8-23-15-6-4-12(11-19)5-7-15/h1-7,10H,8-9H2,(H,20,21). The Morgan fingerprint density at radius 3 is 2.80 bits per heavy atom. The molecule has 5 nitrogen and oxygen atoms in total. The molecule has 0 aliphatic heterocycles. The van der Waals surface area contributed by atoms with E-state index in [1.54, 1.807) is 36.4 Å². The lowest BCUT2D eigenvalue weighted by atomic mass is 10.2. The first-order valence-electron chi connectivity index (χ1n) is 7.35. The first-order chi connectivity index (χ1) is 12.2. The number of thioether (sulfide) groups is 1. The fourth-order valence-electron chi connectivity index (χ4n) is 1.92. The normalized spacial score (nSPS) is 10.2. The lowest BCUT2D eigenvalue weighted by Gasteiger charge is -2.04. The Bertz CT molecular complexity index is 877. The van der Waals surface area contributed by atoms with Crippen molar-refractivity contribution in [1.82, 2.24) is 10.2 Å². The van der Waals surface area contributed by atoms with E-state index in [0.29, 0.717) is 28.7 Å². The summed E-state index contributed by atoms with van der Waals surface area (Å²) in [6.07, 6.45) is 0. The summed E-state index contributed by atoms with van der Waals surface area (Å²) in [6, 6.07) is 15.2. The van der Waals surface area contributed by atoms with Crippen molar-refractivity contribution in [3.63, 3.8) is 0 Å². The summed E-state index contributed by atoms with van der Waals surface area (Å²) in [5, 5.41) is 20.5. The topological polar surface area (TPSA) is 70.8 Å². The summed E-state index contributed by atoms with van der Waals surface area (Å²) in [7, 11) is 0. The Morgan fingerprint density at radius 2 is 2.04 bits per heavy atom. The number of aromatic nitrogens is 2. The third kappa shape index (κ3) is 5.17. The molecule has 0 amide bonds. The number of halogens is 1. The summed E-state index contributed by atoms with van der Waals surface area (Å²) >= 11 is 2.94. The van der Waals surface area contributed by atoms with E-state index < -0.39 is 0 Å². The summed E-state index contributed by atoms with van der Waals surface area (Å²) in [5.41, 5.74) is 1.24. The van der Waals surface area contributed by atoms with Gasteiger partial charge in [0, 0.05) is 11.4 Å². The molecule has 0 atom stereocenters. The minimum Gasteiger partial charge on any atom is -0.493 e. The van der Waals surface area contributed by atoms with Gasteiger partial charge in [-0.1, -0.05) is 29.2 Å². The van der Waals surface area contributed by atoms with Gasteiger partial charge in [-0.15, -0.1) is 10.2 Å². The second-order valence-electron chi connectivity index (χ2n) is 4.84. The second-order valence-corrected chi connectivity index (χ2v) is 7.16. The monoisotopic (exact) mass is 372 g/mol. The van der Waals surface area contributed by atoms with E-state index in [1.807, 2.05) is 0 Å². The molecule has 0 saturated carbocycles. The van der Waals surface area contributed by atoms with E-state index in [-0.39, 0.29) is 5.82 Å². The number of nitrogens with zero attached hydrogens (tertiary/aromatic N) is 3. The van der Waals surface area contributed by atoms with E-state index >= 15 is 0 Å². The fourth-order valence-corrected chi connectivity index (χ4v) is 3.58. The number of hydrogen-bond acceptors (Lipinski definition) is 7. The van der Waals surface area contributed by atoms with Gasteiger partial charge < -0.3 is 10.1 Å². The van der Waals surface area contributed by atoms with Crippen molar-refractivity contribution in [2.75, 3.05) is 17.7 Å². The molecule has 0 aliphatic carbocycles. The van der Waals surface area contributed by atoms with Crippen LogP contribution in [0.4, 0.5) is 15.2 Å². The average Bonchev–Trinajstić information content (AvgIpc) is 3.06. The van der Waals surface area contributed by atoms with E-state index in [9.17, 15) is 4.39 Å². The Kier molecular flexibility index (Phi) is 5.82. The summed E-state index contributed by atoms with van der Waals surface area (Å²) in [4.78, 5) is 0. The predicted molar refractivity (Wildman–Crippen MR) is 97.0 cm³/mol. The van der Waals surface area contributed by atoms with E-state index in [4.69, 9.17) is 10.00 Å². The van der Waals surface area contributed by atoms with Crippen LogP contribution >= 0.6 is 23.1 Å². The highest BCUT2D eigenvalue weighted by Gasteiger charge is 2.06. The van der Waals surface area contributed by atoms with Crippen LogP contribution in [0.15, 0.2) is 52.9 Å². The van der Waals surface area contributed by atoms with Crippen molar-refractivity contribution in [3.05, 3.63) is 59.9 Å². The Hall–Kier alpha value is -2.63. The van der Waals surface area contributed by atoms with Crippen molar-refractivity contribution in [2.45, 2.75) is 4.34 Å². The van der Waals surface area contributed by atoms with Gasteiger partial charge in [0.1, 0.15) is 11.6 Å². The molecule has 2 aromatic carbocycles. The number of ether oxygens (including phenoxy) is 1. The molecule has 1 aromatic heterocycles. The van der Waals surface area contributed by atoms with Crippen molar-refractivity contribution in [3.8, 4) is 11.8 Å². The molecule has 0 radical (unpaired) electrons. The second kappa shape index (κ2) is 8.46. The van der Waals surface area contributed by atoms with Gasteiger partial charge in [0.15, 0.2) is 4.34 Å². The maximum absolute atomic E-state index is 13.2. The van der Waals surface area contributed by atoms with Crippen LogP contribution in [0.25, 0.3) is 0 Å². The van der Waals surface area contributed by atoms with Crippen molar-refractivity contribution in [2.24, 2.45) is 0 Å². The van der Waals surface area contributed by atoms with Crippen LogP contribution in [0, 0.1) is 17.1 Å². The summed E-state index contributed by atoms with van der Waals surface area (Å²) in [5.74, 6) is 1.14. The van der Waals surface area contributed by atoms with Crippen LogP contribution in [0.1, 0.15) is 5.56 Å². The Balaban J connectivity index is 1.44. The number of anilines is 2. The first kappa shape index (κ1) is 17.2. The SMILES string of the molecule is N#Cc1ccc(OCCSc2nnc(Nc3cccc(F)c3)s2)cc1. The molecule has 0 bridgehead atoms. The van der Waals surface area contributed by atoms with Crippen LogP contribution in [0.3, 0.4) is 0 Å². The van der Waals surface area contributed by atoms with Crippen LogP contribution in [-0.2, 0) is 0 Å². The largest absolute Gasteiger partial charge is 0.493 e. The zero-order valence-electron chi connectivity index (χ0n) is 13.0. The molecule has 0 spiro atoms. The molecule has 1 heterocycles. The van der Waals surface area contributed by atoms with E-state index in [1.165, 1.54) is 35.2 Å². The molecule has 3 aromatic rings. The van der Waals surface area contributed by atoms with Gasteiger partial charge in [-0.25, -0.2) is 4.39 Å². The lowest BCUT2D eigenvalue weighted by Crippen LogP contribution is -1.99. The first-order valence-corrected chi connectivity index (χ1v) is 9.15. The predicted octanol–water partition coefficient (Wildman–Crippen LogP) is 4.46. The zero-order chi connectivity index (χ0) is 17.5. The highest BCUT2D eigenvalue weighted by atomic mass is 32.2. The number of rotatable bonds is 7. The van der Waals surface area contributed by atoms with Crippen LogP contribution in [-0.4, -0.2) is 22.6 Å². The van der Waals surface area contributed by atoms with Gasteiger partial charge in [0.05, 0.1) is 18.2 Å². The van der Waals surface area contributed by atoms with Crippen LogP contribution < -0.4 is 10.1 Å². The van der Waals surface area contributed by atoms with Gasteiger partial charge in [-0.2, -0.15) is 5.26 Å². The minimum atomic E-state index is -0.302. The number of nitrogens with one attached hydrogen (secondary N) is 1. The van der Waals surface area contributed by atoms with Gasteiger partial charge in [0.2, 0.25) is 5.13 Å². The number of benzene rings is 2. The molecule has 8 heteroatoms. The number of nitriles is 1. The maximum Gasteiger partial charge on any atom is 0.210 e. The fraction of sp³-hybridized carbons (Fsp3) is 0.118. The molecule has 0 fully saturated rings. The molecule has 126 valence electrons. The van der Waals surface area contributed by atoms with Crippen molar-refractivity contribution >= 4 is 33.9 Å². The highest BCUT2D eigenvalue weighted by molar-refractivity contribution is 8.01. The molecule has 0 aliphatic rings. The third-order valence-corrected chi connectivity index (χ3v) is 4.98. The van der Waals surface area contributed by atoms with Crippen LogP contribution in [0.5, 0.6) is 5.75 Å². The highest BCUT2D eigenvalue weighted by Crippen LogP contribution is 2.27. The average molecular weight is 372 g/mol. The van der Waals surface area contributed by atoms with Crippen LogP contribution in [0.2, 0.25) is 0 Å². The van der Waals surface area contributed by atoms with Crippen molar-refractivity contribution < 1.29 is 9.13 Å². The lowest BCUT2D eigenvalue weighted by molar-refractivity contribution is 0.344. The van der Waals surface area contributed by atoms with E-state index in [2.05, 4.69) is 21.6 Å². The molecule has 1 N–H and O–H groups in total. The number of hydrogen-bond donors (Lipinski definition) is 1. The minimum absolute atomic E-state index is 0.302. The molecular formula is C17H13FN4OS2. The molecule has 25 heavy (non-hydrogen) atoms. The Morgan fingerprint density at radius 1 is 1.20 bits per heavy atom. The molecule has 0 saturated heterocycles. The quantitative estimate of drug-likeness (QED) is 0.488.